The quantitative estimate of drug-likeness (QED) is 0.137. The van der Waals surface area contributed by atoms with E-state index in [4.69, 9.17) is 15.0 Å². The van der Waals surface area contributed by atoms with Crippen LogP contribution < -0.4 is 0 Å². The molecule has 5 heterocycles. The third kappa shape index (κ3) is 8.57. The van der Waals surface area contributed by atoms with Gasteiger partial charge in [-0.15, -0.1) is 0 Å². The second kappa shape index (κ2) is 20.8. The summed E-state index contributed by atoms with van der Waals surface area (Å²) < 4.78 is 4.97. The first-order chi connectivity index (χ1) is 43.1. The predicted molar refractivity (Wildman–Crippen MR) is 361 cm³/mol. The van der Waals surface area contributed by atoms with Crippen molar-refractivity contribution in [3.8, 4) is 89.5 Å². The Bertz CT molecular complexity index is 5140. The molecule has 0 radical (unpaired) electrons. The van der Waals surface area contributed by atoms with E-state index in [2.05, 4.69) is 270 Å². The van der Waals surface area contributed by atoms with Crippen molar-refractivity contribution in [1.29, 1.82) is 0 Å². The van der Waals surface area contributed by atoms with E-state index in [0.29, 0.717) is 0 Å². The fourth-order valence-electron chi connectivity index (χ4n) is 14.0. The van der Waals surface area contributed by atoms with Crippen molar-refractivity contribution in [2.75, 3.05) is 0 Å². The van der Waals surface area contributed by atoms with Gasteiger partial charge in [-0.3, -0.25) is 15.0 Å². The average molecular weight is 1110 g/mol. The van der Waals surface area contributed by atoms with Gasteiger partial charge in [0.1, 0.15) is 0 Å². The third-order valence-electron chi connectivity index (χ3n) is 18.0. The minimum absolute atomic E-state index is 0.873. The van der Waals surface area contributed by atoms with Crippen molar-refractivity contribution in [3.05, 3.63) is 320 Å². The molecule has 0 unspecified atom stereocenters. The van der Waals surface area contributed by atoms with E-state index in [1.54, 1.807) is 0 Å². The molecule has 10 aromatic carbocycles. The van der Waals surface area contributed by atoms with Crippen molar-refractivity contribution < 1.29 is 0 Å². The summed E-state index contributed by atoms with van der Waals surface area (Å²) in [6.07, 6.45) is 13.1. The maximum atomic E-state index is 4.85. The molecule has 0 bridgehead atoms. The molecule has 5 nitrogen and oxygen atoms in total. The van der Waals surface area contributed by atoms with E-state index in [1.807, 2.05) is 36.8 Å². The van der Waals surface area contributed by atoms with Crippen molar-refractivity contribution in [1.82, 2.24) is 24.1 Å². The third-order valence-corrected chi connectivity index (χ3v) is 18.0. The highest BCUT2D eigenvalue weighted by molar-refractivity contribution is 6.14. The maximum Gasteiger partial charge on any atom is 0.0708 e. The number of aromatic nitrogens is 5. The zero-order chi connectivity index (χ0) is 57.4. The lowest BCUT2D eigenvalue weighted by Crippen LogP contribution is -1.98. The van der Waals surface area contributed by atoms with Crippen molar-refractivity contribution >= 4 is 54.8 Å². The Morgan fingerprint density at radius 3 is 1.14 bits per heavy atom. The Balaban J connectivity index is 0.829. The molecule has 2 aliphatic carbocycles. The number of hydrogen-bond donors (Lipinski definition) is 0. The summed E-state index contributed by atoms with van der Waals surface area (Å²) in [5.41, 5.74) is 30.4. The Hall–Kier alpha value is -11.3. The number of nitrogens with zero attached hydrogens (tertiary/aromatic N) is 5. The van der Waals surface area contributed by atoms with Gasteiger partial charge in [0.2, 0.25) is 0 Å². The number of allylic oxidation sites excluding steroid dienone is 4. The van der Waals surface area contributed by atoms with Gasteiger partial charge in [0, 0.05) is 62.6 Å². The summed E-state index contributed by atoms with van der Waals surface area (Å²) in [5, 5.41) is 4.80. The molecule has 0 atom stereocenters. The molecule has 5 aromatic heterocycles. The first-order valence-corrected chi connectivity index (χ1v) is 30.1. The lowest BCUT2D eigenvalue weighted by atomic mass is 9.89. The van der Waals surface area contributed by atoms with E-state index in [0.717, 1.165) is 103 Å². The maximum absolute atomic E-state index is 4.85. The minimum atomic E-state index is 0.873. The summed E-state index contributed by atoms with van der Waals surface area (Å²) in [6, 6.07) is 97.8. The van der Waals surface area contributed by atoms with Gasteiger partial charge < -0.3 is 9.13 Å². The normalized spacial score (nSPS) is 12.8. The zero-order valence-corrected chi connectivity index (χ0v) is 47.6. The van der Waals surface area contributed by atoms with Crippen molar-refractivity contribution in [2.24, 2.45) is 0 Å². The number of fused-ring (bicyclic) bond motifs is 9. The lowest BCUT2D eigenvalue weighted by molar-refractivity contribution is 1.04. The van der Waals surface area contributed by atoms with Crippen molar-refractivity contribution in [3.63, 3.8) is 0 Å². The Morgan fingerprint density at radius 1 is 0.287 bits per heavy atom. The van der Waals surface area contributed by atoms with Crippen LogP contribution in [0.3, 0.4) is 0 Å². The first-order valence-electron chi connectivity index (χ1n) is 30.1. The van der Waals surface area contributed by atoms with Crippen LogP contribution in [0.2, 0.25) is 0 Å². The molecule has 2 aliphatic rings. The van der Waals surface area contributed by atoms with E-state index < -0.39 is 0 Å². The molecule has 0 amide bonds. The van der Waals surface area contributed by atoms with Gasteiger partial charge in [0.15, 0.2) is 0 Å². The van der Waals surface area contributed by atoms with Crippen LogP contribution in [0.25, 0.3) is 144 Å². The van der Waals surface area contributed by atoms with Crippen LogP contribution in [0.4, 0.5) is 0 Å². The summed E-state index contributed by atoms with van der Waals surface area (Å²) in [6.45, 7) is 0. The topological polar surface area (TPSA) is 48.5 Å². The van der Waals surface area contributed by atoms with E-state index in [9.17, 15) is 0 Å². The van der Waals surface area contributed by atoms with Gasteiger partial charge in [-0.2, -0.15) is 0 Å². The number of pyridine rings is 3. The van der Waals surface area contributed by atoms with Crippen molar-refractivity contribution in [2.45, 2.75) is 19.3 Å². The van der Waals surface area contributed by atoms with Gasteiger partial charge >= 0.3 is 0 Å². The molecule has 17 rings (SSSR count). The standard InChI is InChI=1S/C82H55N5/c1-2-18-53(19-3-1)62-20-4-5-21-63(62)56-33-39-79-72(47-56)73-48-57(64-22-6-9-25-67(64)76-28-12-15-43-83-76)34-40-80(73)86(79)60-37-31-54-46-55-32-38-61(52-71(55)70(54)51-60)87-81-41-35-58(65-23-7-10-26-68(65)77-29-13-16-44-84-77)49-74(81)75-50-59(36-42-82(75)87)66-24-8-11-27-69(66)78-30-14-17-45-85-78/h1-10,12-26,28-45,47-52H,11,27,46H2. The molecule has 0 saturated carbocycles. The Kier molecular flexibility index (Phi) is 12.0. The average Bonchev–Trinajstić information content (AvgIpc) is 1.72. The molecule has 0 fully saturated rings. The first kappa shape index (κ1) is 50.3. The van der Waals surface area contributed by atoms with Crippen LogP contribution in [-0.2, 0) is 6.42 Å². The number of benzene rings is 10. The molecule has 0 N–H and O–H groups in total. The van der Waals surface area contributed by atoms with Crippen LogP contribution in [0, 0.1) is 0 Å². The largest absolute Gasteiger partial charge is 0.309 e. The SMILES string of the molecule is C1=CC(c2ccc3c(c2)c2cc(-c4ccccc4-c4ccccn4)ccc2n3-c2ccc3c(c2)-c2cc(-n4c5ccc(-c6ccccc6-c6ccccc6)cc5c5cc(-c6ccccc6-c6ccccn6)ccc54)ccc2C3)=C(c2ccccn2)CC1. The highest BCUT2D eigenvalue weighted by Crippen LogP contribution is 2.46. The smallest absolute Gasteiger partial charge is 0.0708 e. The van der Waals surface area contributed by atoms with E-state index >= 15 is 0 Å². The van der Waals surface area contributed by atoms with Gasteiger partial charge in [0.25, 0.3) is 0 Å². The van der Waals surface area contributed by atoms with Crippen LogP contribution in [0.5, 0.6) is 0 Å². The Labute approximate surface area is 504 Å². The fourth-order valence-corrected chi connectivity index (χ4v) is 14.0. The molecule has 5 heteroatoms. The summed E-state index contributed by atoms with van der Waals surface area (Å²) in [7, 11) is 0. The van der Waals surface area contributed by atoms with Crippen LogP contribution in [0.1, 0.15) is 35.2 Å². The van der Waals surface area contributed by atoms with Gasteiger partial charge in [0.05, 0.1) is 39.1 Å². The zero-order valence-electron chi connectivity index (χ0n) is 47.6. The molecular weight excluding hydrogens is 1050 g/mol. The molecule has 15 aromatic rings. The molecule has 0 spiro atoms. The van der Waals surface area contributed by atoms with E-state index in [1.165, 1.54) is 82.8 Å². The highest BCUT2D eigenvalue weighted by atomic mass is 15.0. The summed E-state index contributed by atoms with van der Waals surface area (Å²) in [4.78, 5) is 14.5. The fraction of sp³-hybridized carbons (Fsp3) is 0.0366. The Morgan fingerprint density at radius 2 is 0.678 bits per heavy atom. The van der Waals surface area contributed by atoms with Crippen LogP contribution in [-0.4, -0.2) is 24.1 Å². The second-order valence-corrected chi connectivity index (χ2v) is 22.9. The second-order valence-electron chi connectivity index (χ2n) is 22.9. The summed E-state index contributed by atoms with van der Waals surface area (Å²) >= 11 is 0. The van der Waals surface area contributed by atoms with E-state index in [-0.39, 0.29) is 0 Å². The number of rotatable bonds is 10. The lowest BCUT2D eigenvalue weighted by Gasteiger charge is -2.16. The van der Waals surface area contributed by atoms with Crippen LogP contribution in [0.15, 0.2) is 298 Å². The van der Waals surface area contributed by atoms with Crippen LogP contribution >= 0.6 is 0 Å². The molecule has 87 heavy (non-hydrogen) atoms. The van der Waals surface area contributed by atoms with Gasteiger partial charge in [-0.1, -0.05) is 170 Å². The highest BCUT2D eigenvalue weighted by Gasteiger charge is 2.25. The molecular formula is C82H55N5. The van der Waals surface area contributed by atoms with Gasteiger partial charge in [-0.05, 0) is 212 Å². The molecule has 0 aliphatic heterocycles. The van der Waals surface area contributed by atoms with Gasteiger partial charge in [-0.25, -0.2) is 0 Å². The number of hydrogen-bond acceptors (Lipinski definition) is 3. The monoisotopic (exact) mass is 1110 g/mol. The molecule has 408 valence electrons. The molecule has 0 saturated heterocycles. The predicted octanol–water partition coefficient (Wildman–Crippen LogP) is 20.9. The minimum Gasteiger partial charge on any atom is -0.309 e. The summed E-state index contributed by atoms with van der Waals surface area (Å²) in [5.74, 6) is 0.